The van der Waals surface area contributed by atoms with Crippen molar-refractivity contribution in [3.05, 3.63) is 64.6 Å². The second-order valence-corrected chi connectivity index (χ2v) is 5.73. The SMILES string of the molecule is CCOC(=O)c1[nH]nnc1Oc1ccc(Cl)c(OCc2ccc(F)cc2)c1. The quantitative estimate of drug-likeness (QED) is 0.609. The minimum Gasteiger partial charge on any atom is -0.487 e. The number of H-pyrrole nitrogens is 1. The predicted molar refractivity (Wildman–Crippen MR) is 94.6 cm³/mol. The van der Waals surface area contributed by atoms with E-state index in [1.54, 1.807) is 37.3 Å². The number of aromatic amines is 1. The van der Waals surface area contributed by atoms with Crippen LogP contribution in [0.2, 0.25) is 5.02 Å². The van der Waals surface area contributed by atoms with Crippen molar-refractivity contribution in [2.24, 2.45) is 0 Å². The summed E-state index contributed by atoms with van der Waals surface area (Å²) in [6.45, 7) is 2.09. The van der Waals surface area contributed by atoms with Crippen molar-refractivity contribution in [2.75, 3.05) is 6.61 Å². The van der Waals surface area contributed by atoms with Crippen molar-refractivity contribution >= 4 is 17.6 Å². The summed E-state index contributed by atoms with van der Waals surface area (Å²) in [6, 6.07) is 10.7. The van der Waals surface area contributed by atoms with Gasteiger partial charge in [0, 0.05) is 6.07 Å². The molecule has 0 saturated carbocycles. The third-order valence-corrected chi connectivity index (χ3v) is 3.73. The van der Waals surface area contributed by atoms with Gasteiger partial charge in [-0.15, -0.1) is 0 Å². The Balaban J connectivity index is 1.73. The molecular weight excluding hydrogens is 377 g/mol. The van der Waals surface area contributed by atoms with E-state index in [-0.39, 0.29) is 30.6 Å². The molecule has 1 aromatic heterocycles. The maximum absolute atomic E-state index is 13.0. The normalized spacial score (nSPS) is 10.5. The number of rotatable bonds is 7. The monoisotopic (exact) mass is 391 g/mol. The summed E-state index contributed by atoms with van der Waals surface area (Å²) >= 11 is 6.14. The summed E-state index contributed by atoms with van der Waals surface area (Å²) in [7, 11) is 0. The van der Waals surface area contributed by atoms with E-state index in [2.05, 4.69) is 15.4 Å². The average Bonchev–Trinajstić information content (AvgIpc) is 3.12. The molecule has 0 aliphatic rings. The number of benzene rings is 2. The molecule has 0 spiro atoms. The third kappa shape index (κ3) is 4.73. The summed E-state index contributed by atoms with van der Waals surface area (Å²) in [5, 5.41) is 10.1. The van der Waals surface area contributed by atoms with Crippen molar-refractivity contribution in [1.82, 2.24) is 15.4 Å². The van der Waals surface area contributed by atoms with Crippen LogP contribution in [-0.4, -0.2) is 28.0 Å². The molecule has 2 aromatic carbocycles. The molecule has 3 rings (SSSR count). The molecule has 1 N–H and O–H groups in total. The van der Waals surface area contributed by atoms with E-state index >= 15 is 0 Å². The molecule has 0 bridgehead atoms. The number of nitrogens with one attached hydrogen (secondary N) is 1. The molecule has 0 unspecified atom stereocenters. The van der Waals surface area contributed by atoms with Gasteiger partial charge in [-0.3, -0.25) is 0 Å². The third-order valence-electron chi connectivity index (χ3n) is 3.42. The Hall–Kier alpha value is -3.13. The van der Waals surface area contributed by atoms with Crippen LogP contribution in [0, 0.1) is 5.82 Å². The highest BCUT2D eigenvalue weighted by Crippen LogP contribution is 2.32. The summed E-state index contributed by atoms with van der Waals surface area (Å²) in [6.07, 6.45) is 0. The van der Waals surface area contributed by atoms with Gasteiger partial charge in [0.2, 0.25) is 5.69 Å². The summed E-state index contributed by atoms with van der Waals surface area (Å²) in [4.78, 5) is 11.8. The van der Waals surface area contributed by atoms with Crippen LogP contribution < -0.4 is 9.47 Å². The largest absolute Gasteiger partial charge is 0.487 e. The number of ether oxygens (including phenoxy) is 3. The fourth-order valence-electron chi connectivity index (χ4n) is 2.14. The van der Waals surface area contributed by atoms with E-state index in [4.69, 9.17) is 25.8 Å². The number of hydrogen-bond acceptors (Lipinski definition) is 6. The lowest BCUT2D eigenvalue weighted by atomic mass is 10.2. The fraction of sp³-hybridized carbons (Fsp3) is 0.167. The van der Waals surface area contributed by atoms with Gasteiger partial charge in [-0.25, -0.2) is 14.3 Å². The molecular formula is C18H15ClFN3O4. The Morgan fingerprint density at radius 3 is 2.74 bits per heavy atom. The highest BCUT2D eigenvalue weighted by atomic mass is 35.5. The van der Waals surface area contributed by atoms with Crippen molar-refractivity contribution in [1.29, 1.82) is 0 Å². The Bertz CT molecular complexity index is 931. The van der Waals surface area contributed by atoms with E-state index < -0.39 is 5.97 Å². The molecule has 1 heterocycles. The van der Waals surface area contributed by atoms with E-state index in [9.17, 15) is 9.18 Å². The van der Waals surface area contributed by atoms with Crippen LogP contribution >= 0.6 is 11.6 Å². The zero-order chi connectivity index (χ0) is 19.2. The fourth-order valence-corrected chi connectivity index (χ4v) is 2.31. The Morgan fingerprint density at radius 2 is 2.00 bits per heavy atom. The first-order chi connectivity index (χ1) is 13.1. The Kier molecular flexibility index (Phi) is 5.87. The lowest BCUT2D eigenvalue weighted by Gasteiger charge is -2.10. The van der Waals surface area contributed by atoms with Crippen LogP contribution in [0.1, 0.15) is 23.0 Å². The molecule has 0 radical (unpaired) electrons. The zero-order valence-electron chi connectivity index (χ0n) is 14.2. The first kappa shape index (κ1) is 18.7. The number of halogens is 2. The smallest absolute Gasteiger partial charge is 0.362 e. The van der Waals surface area contributed by atoms with E-state index in [0.717, 1.165) is 5.56 Å². The van der Waals surface area contributed by atoms with Crippen LogP contribution in [0.4, 0.5) is 4.39 Å². The lowest BCUT2D eigenvalue weighted by molar-refractivity contribution is 0.0516. The van der Waals surface area contributed by atoms with Crippen molar-refractivity contribution in [2.45, 2.75) is 13.5 Å². The predicted octanol–water partition coefficient (Wildman–Crippen LogP) is 4.15. The van der Waals surface area contributed by atoms with Gasteiger partial charge in [-0.05, 0) is 36.8 Å². The van der Waals surface area contributed by atoms with Gasteiger partial charge in [-0.2, -0.15) is 0 Å². The van der Waals surface area contributed by atoms with E-state index in [1.807, 2.05) is 0 Å². The molecule has 9 heteroatoms. The molecule has 0 fully saturated rings. The van der Waals surface area contributed by atoms with Crippen LogP contribution in [0.25, 0.3) is 0 Å². The first-order valence-corrected chi connectivity index (χ1v) is 8.37. The maximum atomic E-state index is 13.0. The summed E-state index contributed by atoms with van der Waals surface area (Å²) < 4.78 is 29.1. The van der Waals surface area contributed by atoms with E-state index in [0.29, 0.717) is 16.5 Å². The second kappa shape index (κ2) is 8.50. The number of carbonyl (C=O) groups is 1. The minimum atomic E-state index is -0.626. The average molecular weight is 392 g/mol. The number of nitrogens with zero attached hydrogens (tertiary/aromatic N) is 2. The Morgan fingerprint density at radius 1 is 1.22 bits per heavy atom. The van der Waals surface area contributed by atoms with Gasteiger partial charge in [0.1, 0.15) is 23.9 Å². The van der Waals surface area contributed by atoms with Gasteiger partial charge >= 0.3 is 5.97 Å². The van der Waals surface area contributed by atoms with Gasteiger partial charge < -0.3 is 14.2 Å². The molecule has 0 atom stereocenters. The van der Waals surface area contributed by atoms with Crippen LogP contribution in [-0.2, 0) is 11.3 Å². The molecule has 7 nitrogen and oxygen atoms in total. The molecule has 0 amide bonds. The molecule has 0 saturated heterocycles. The van der Waals surface area contributed by atoms with Crippen molar-refractivity contribution in [3.63, 3.8) is 0 Å². The number of carbonyl (C=O) groups excluding carboxylic acids is 1. The highest BCUT2D eigenvalue weighted by Gasteiger charge is 2.19. The van der Waals surface area contributed by atoms with Gasteiger partial charge in [0.25, 0.3) is 5.88 Å². The standard InChI is InChI=1S/C18H15ClFN3O4/c1-2-25-18(24)16-17(22-23-21-16)27-13-7-8-14(19)15(9-13)26-10-11-3-5-12(20)6-4-11/h3-9H,2,10H2,1H3,(H,21,22,23). The van der Waals surface area contributed by atoms with Crippen LogP contribution in [0.5, 0.6) is 17.4 Å². The summed E-state index contributed by atoms with van der Waals surface area (Å²) in [5.41, 5.74) is 0.778. The Labute approximate surface area is 159 Å². The molecule has 140 valence electrons. The number of esters is 1. The summed E-state index contributed by atoms with van der Waals surface area (Å²) in [5.74, 6) is -0.274. The van der Waals surface area contributed by atoms with Crippen molar-refractivity contribution < 1.29 is 23.4 Å². The van der Waals surface area contributed by atoms with Crippen LogP contribution in [0.15, 0.2) is 42.5 Å². The van der Waals surface area contributed by atoms with Gasteiger partial charge in [0.05, 0.1) is 11.6 Å². The number of aromatic nitrogens is 3. The zero-order valence-corrected chi connectivity index (χ0v) is 15.0. The van der Waals surface area contributed by atoms with Gasteiger partial charge in [0.15, 0.2) is 0 Å². The maximum Gasteiger partial charge on any atom is 0.362 e. The second-order valence-electron chi connectivity index (χ2n) is 5.32. The topological polar surface area (TPSA) is 86.3 Å². The first-order valence-electron chi connectivity index (χ1n) is 7.99. The highest BCUT2D eigenvalue weighted by molar-refractivity contribution is 6.32. The van der Waals surface area contributed by atoms with Crippen molar-refractivity contribution in [3.8, 4) is 17.4 Å². The molecule has 27 heavy (non-hydrogen) atoms. The van der Waals surface area contributed by atoms with E-state index in [1.165, 1.54) is 12.1 Å². The molecule has 3 aromatic rings. The number of hydrogen-bond donors (Lipinski definition) is 1. The van der Waals surface area contributed by atoms with Gasteiger partial charge in [-0.1, -0.05) is 34.0 Å². The minimum absolute atomic E-state index is 0.000538. The van der Waals surface area contributed by atoms with Crippen LogP contribution in [0.3, 0.4) is 0 Å². The molecule has 0 aliphatic heterocycles. The molecule has 0 aliphatic carbocycles. The lowest BCUT2D eigenvalue weighted by Crippen LogP contribution is -2.06.